The van der Waals surface area contributed by atoms with Gasteiger partial charge >= 0.3 is 0 Å². The summed E-state index contributed by atoms with van der Waals surface area (Å²) in [5.74, 6) is 0.109. The van der Waals surface area contributed by atoms with Crippen molar-refractivity contribution in [2.45, 2.75) is 65.1 Å². The molecule has 1 aliphatic rings. The van der Waals surface area contributed by atoms with Crippen molar-refractivity contribution in [3.8, 4) is 0 Å². The minimum atomic E-state index is -0.107. The van der Waals surface area contributed by atoms with Gasteiger partial charge in [-0.25, -0.2) is 0 Å². The molecule has 0 saturated carbocycles. The van der Waals surface area contributed by atoms with Gasteiger partial charge in [-0.05, 0) is 53.1 Å². The first-order valence-corrected chi connectivity index (χ1v) is 7.32. The van der Waals surface area contributed by atoms with Crippen LogP contribution in [0.2, 0.25) is 0 Å². The molecule has 3 unspecified atom stereocenters. The molecule has 1 aliphatic heterocycles. The fourth-order valence-electron chi connectivity index (χ4n) is 2.22. The molecule has 18 heavy (non-hydrogen) atoms. The summed E-state index contributed by atoms with van der Waals surface area (Å²) in [4.78, 5) is 14.4. The molecule has 2 N–H and O–H groups in total. The van der Waals surface area contributed by atoms with Gasteiger partial charge in [0.25, 0.3) is 0 Å². The number of carbonyl (C=O) groups is 1. The fraction of sp³-hybridized carbons (Fsp3) is 0.929. The quantitative estimate of drug-likeness (QED) is 0.722. The number of nitrogens with one attached hydrogen (secondary N) is 2. The monoisotopic (exact) mass is 255 g/mol. The summed E-state index contributed by atoms with van der Waals surface area (Å²) in [5.41, 5.74) is 0. The first-order valence-electron chi connectivity index (χ1n) is 7.32. The number of amides is 1. The number of rotatable bonds is 7. The predicted molar refractivity (Wildman–Crippen MR) is 75.6 cm³/mol. The number of likely N-dealkylation sites (tertiary alicyclic amines) is 1. The highest BCUT2D eigenvalue weighted by molar-refractivity contribution is 5.81. The van der Waals surface area contributed by atoms with Crippen molar-refractivity contribution < 1.29 is 4.79 Å². The van der Waals surface area contributed by atoms with Crippen molar-refractivity contribution in [3.05, 3.63) is 0 Å². The number of hydrogen-bond acceptors (Lipinski definition) is 3. The Morgan fingerprint density at radius 1 is 1.22 bits per heavy atom. The molecule has 0 radical (unpaired) electrons. The van der Waals surface area contributed by atoms with Gasteiger partial charge in [-0.15, -0.1) is 0 Å². The molecular formula is C14H29N3O. The van der Waals surface area contributed by atoms with Crippen LogP contribution >= 0.6 is 0 Å². The van der Waals surface area contributed by atoms with E-state index in [9.17, 15) is 4.79 Å². The zero-order chi connectivity index (χ0) is 13.5. The maximum atomic E-state index is 11.9. The van der Waals surface area contributed by atoms with Gasteiger partial charge in [0.2, 0.25) is 5.91 Å². The van der Waals surface area contributed by atoms with Crippen molar-refractivity contribution >= 4 is 5.91 Å². The average molecular weight is 255 g/mol. The van der Waals surface area contributed by atoms with Gasteiger partial charge in [-0.1, -0.05) is 6.92 Å². The fourth-order valence-corrected chi connectivity index (χ4v) is 2.22. The Hall–Kier alpha value is -0.610. The van der Waals surface area contributed by atoms with Crippen LogP contribution in [0, 0.1) is 0 Å². The normalized spacial score (nSPS) is 21.6. The van der Waals surface area contributed by atoms with Crippen molar-refractivity contribution in [2.75, 3.05) is 19.6 Å². The molecule has 0 bridgehead atoms. The van der Waals surface area contributed by atoms with E-state index in [2.05, 4.69) is 29.4 Å². The van der Waals surface area contributed by atoms with Gasteiger partial charge in [-0.2, -0.15) is 0 Å². The summed E-state index contributed by atoms with van der Waals surface area (Å²) in [7, 11) is 0. The number of hydrogen-bond donors (Lipinski definition) is 2. The molecule has 106 valence electrons. The second-order valence-electron chi connectivity index (χ2n) is 5.54. The zero-order valence-electron chi connectivity index (χ0n) is 12.3. The largest absolute Gasteiger partial charge is 0.352 e. The molecule has 1 saturated heterocycles. The van der Waals surface area contributed by atoms with Gasteiger partial charge in [0.15, 0.2) is 0 Å². The topological polar surface area (TPSA) is 44.4 Å². The second kappa shape index (κ2) is 7.74. The highest BCUT2D eigenvalue weighted by Crippen LogP contribution is 2.10. The van der Waals surface area contributed by atoms with Crippen LogP contribution in [-0.4, -0.2) is 48.6 Å². The average Bonchev–Trinajstić information content (AvgIpc) is 2.88. The molecule has 0 aromatic carbocycles. The molecular weight excluding hydrogens is 226 g/mol. The third kappa shape index (κ3) is 4.94. The Morgan fingerprint density at radius 2 is 1.83 bits per heavy atom. The third-order valence-corrected chi connectivity index (χ3v) is 3.88. The minimum Gasteiger partial charge on any atom is -0.352 e. The lowest BCUT2D eigenvalue weighted by Crippen LogP contribution is -2.49. The van der Waals surface area contributed by atoms with E-state index in [1.807, 2.05) is 13.8 Å². The van der Waals surface area contributed by atoms with Gasteiger partial charge in [0, 0.05) is 18.6 Å². The molecule has 3 atom stereocenters. The van der Waals surface area contributed by atoms with E-state index in [0.717, 1.165) is 13.0 Å². The zero-order valence-corrected chi connectivity index (χ0v) is 12.3. The first kappa shape index (κ1) is 15.4. The predicted octanol–water partition coefficient (Wildman–Crippen LogP) is 1.36. The highest BCUT2D eigenvalue weighted by atomic mass is 16.2. The molecule has 1 fully saturated rings. The molecule has 1 heterocycles. The van der Waals surface area contributed by atoms with Crippen molar-refractivity contribution in [2.24, 2.45) is 0 Å². The SMILES string of the molecule is CCC(C)NC(=O)C(C)NCC(C)N1CCCC1. The van der Waals surface area contributed by atoms with Crippen molar-refractivity contribution in [3.63, 3.8) is 0 Å². The third-order valence-electron chi connectivity index (χ3n) is 3.88. The molecule has 1 amide bonds. The van der Waals surface area contributed by atoms with Crippen molar-refractivity contribution in [1.82, 2.24) is 15.5 Å². The van der Waals surface area contributed by atoms with Crippen LogP contribution in [0.1, 0.15) is 47.0 Å². The van der Waals surface area contributed by atoms with Gasteiger partial charge in [-0.3, -0.25) is 9.69 Å². The van der Waals surface area contributed by atoms with Crippen molar-refractivity contribution in [1.29, 1.82) is 0 Å². The van der Waals surface area contributed by atoms with Crippen LogP contribution in [0.25, 0.3) is 0 Å². The van der Waals surface area contributed by atoms with Gasteiger partial charge < -0.3 is 10.6 Å². The standard InChI is InChI=1S/C14H29N3O/c1-5-11(2)16-14(18)13(4)15-10-12(3)17-8-6-7-9-17/h11-13,15H,5-10H2,1-4H3,(H,16,18). The maximum Gasteiger partial charge on any atom is 0.237 e. The van der Waals surface area contributed by atoms with E-state index in [4.69, 9.17) is 0 Å². The minimum absolute atomic E-state index is 0.107. The molecule has 1 rings (SSSR count). The van der Waals surface area contributed by atoms with E-state index in [-0.39, 0.29) is 18.0 Å². The first-order chi connectivity index (χ1) is 8.54. The summed E-state index contributed by atoms with van der Waals surface area (Å²) in [5, 5.41) is 6.34. The van der Waals surface area contributed by atoms with Crippen LogP contribution in [0.15, 0.2) is 0 Å². The molecule has 0 spiro atoms. The van der Waals surface area contributed by atoms with Crippen LogP contribution in [0.3, 0.4) is 0 Å². The Kier molecular flexibility index (Phi) is 6.65. The Labute approximate surface area is 111 Å². The Bertz CT molecular complexity index is 251. The lowest BCUT2D eigenvalue weighted by atomic mass is 10.2. The van der Waals surface area contributed by atoms with E-state index < -0.39 is 0 Å². The highest BCUT2D eigenvalue weighted by Gasteiger charge is 2.20. The number of nitrogens with zero attached hydrogens (tertiary/aromatic N) is 1. The van der Waals surface area contributed by atoms with Crippen LogP contribution in [0.4, 0.5) is 0 Å². The van der Waals surface area contributed by atoms with E-state index in [1.165, 1.54) is 25.9 Å². The van der Waals surface area contributed by atoms with E-state index >= 15 is 0 Å². The summed E-state index contributed by atoms with van der Waals surface area (Å²) >= 11 is 0. The summed E-state index contributed by atoms with van der Waals surface area (Å²) in [6.07, 6.45) is 3.60. The smallest absolute Gasteiger partial charge is 0.237 e. The maximum absolute atomic E-state index is 11.9. The lowest BCUT2D eigenvalue weighted by Gasteiger charge is -2.26. The summed E-state index contributed by atoms with van der Waals surface area (Å²) < 4.78 is 0. The van der Waals surface area contributed by atoms with Gasteiger partial charge in [0.05, 0.1) is 6.04 Å². The van der Waals surface area contributed by atoms with E-state index in [0.29, 0.717) is 6.04 Å². The Balaban J connectivity index is 2.22. The Morgan fingerprint density at radius 3 is 2.39 bits per heavy atom. The summed E-state index contributed by atoms with van der Waals surface area (Å²) in [6.45, 7) is 11.6. The van der Waals surface area contributed by atoms with Crippen LogP contribution < -0.4 is 10.6 Å². The molecule has 0 aromatic rings. The molecule has 0 aromatic heterocycles. The molecule has 4 nitrogen and oxygen atoms in total. The van der Waals surface area contributed by atoms with Crippen LogP contribution in [-0.2, 0) is 4.79 Å². The van der Waals surface area contributed by atoms with Crippen LogP contribution in [0.5, 0.6) is 0 Å². The molecule has 0 aliphatic carbocycles. The lowest BCUT2D eigenvalue weighted by molar-refractivity contribution is -0.123. The number of carbonyl (C=O) groups excluding carboxylic acids is 1. The summed E-state index contributed by atoms with van der Waals surface area (Å²) in [6, 6.07) is 0.674. The second-order valence-corrected chi connectivity index (χ2v) is 5.54. The van der Waals surface area contributed by atoms with E-state index in [1.54, 1.807) is 0 Å². The van der Waals surface area contributed by atoms with Gasteiger partial charge in [0.1, 0.15) is 0 Å². The molecule has 4 heteroatoms.